The summed E-state index contributed by atoms with van der Waals surface area (Å²) in [5.74, 6) is -1.46. The molecule has 0 spiro atoms. The van der Waals surface area contributed by atoms with E-state index in [0.29, 0.717) is 15.6 Å². The van der Waals surface area contributed by atoms with Crippen molar-refractivity contribution < 1.29 is 14.2 Å². The molecular weight excluding hydrogens is 274 g/mol. The first-order valence-corrected chi connectivity index (χ1v) is 5.45. The van der Waals surface area contributed by atoms with Gasteiger partial charge in [0.25, 0.3) is 0 Å². The van der Waals surface area contributed by atoms with Crippen LogP contribution in [0.5, 0.6) is 0 Å². The van der Waals surface area contributed by atoms with E-state index in [1.165, 1.54) is 21.3 Å². The standard InChI is InChI=1S/C10H11Cl3O3/c1-14-10(15-2,16-3)8-6(11)4-5-7(12)9(8)13/h4-5H,1-3H3. The number of hydrogen-bond donors (Lipinski definition) is 0. The molecule has 0 bridgehead atoms. The molecule has 0 amide bonds. The summed E-state index contributed by atoms with van der Waals surface area (Å²) in [6, 6.07) is 3.18. The van der Waals surface area contributed by atoms with Gasteiger partial charge in [0.2, 0.25) is 0 Å². The fourth-order valence-corrected chi connectivity index (χ4v) is 2.12. The highest BCUT2D eigenvalue weighted by Crippen LogP contribution is 2.40. The van der Waals surface area contributed by atoms with E-state index >= 15 is 0 Å². The van der Waals surface area contributed by atoms with Crippen molar-refractivity contribution in [3.63, 3.8) is 0 Å². The van der Waals surface area contributed by atoms with Gasteiger partial charge in [-0.3, -0.25) is 0 Å². The molecule has 0 saturated heterocycles. The first kappa shape index (κ1) is 14.0. The van der Waals surface area contributed by atoms with Gasteiger partial charge < -0.3 is 14.2 Å². The zero-order valence-corrected chi connectivity index (χ0v) is 11.3. The van der Waals surface area contributed by atoms with Gasteiger partial charge in [-0.25, -0.2) is 0 Å². The maximum atomic E-state index is 6.06. The Hall–Kier alpha value is -0.0300. The van der Waals surface area contributed by atoms with Crippen molar-refractivity contribution in [2.45, 2.75) is 5.97 Å². The van der Waals surface area contributed by atoms with Gasteiger partial charge in [-0.2, -0.15) is 0 Å². The number of hydrogen-bond acceptors (Lipinski definition) is 3. The van der Waals surface area contributed by atoms with Crippen LogP contribution >= 0.6 is 34.8 Å². The summed E-state index contributed by atoms with van der Waals surface area (Å²) >= 11 is 18.0. The van der Waals surface area contributed by atoms with Crippen LogP contribution in [0.4, 0.5) is 0 Å². The van der Waals surface area contributed by atoms with E-state index in [1.54, 1.807) is 12.1 Å². The monoisotopic (exact) mass is 284 g/mol. The molecule has 0 atom stereocenters. The normalized spacial score (nSPS) is 11.9. The maximum absolute atomic E-state index is 6.06. The molecule has 1 aromatic rings. The van der Waals surface area contributed by atoms with Crippen molar-refractivity contribution in [3.8, 4) is 0 Å². The molecule has 0 N–H and O–H groups in total. The van der Waals surface area contributed by atoms with Crippen LogP contribution in [-0.2, 0) is 20.2 Å². The Morgan fingerprint density at radius 1 is 0.875 bits per heavy atom. The van der Waals surface area contributed by atoms with Crippen molar-refractivity contribution >= 4 is 34.8 Å². The van der Waals surface area contributed by atoms with Gasteiger partial charge in [0, 0.05) is 21.3 Å². The second-order valence-corrected chi connectivity index (χ2v) is 4.08. The van der Waals surface area contributed by atoms with E-state index in [1.807, 2.05) is 0 Å². The second kappa shape index (κ2) is 5.54. The summed E-state index contributed by atoms with van der Waals surface area (Å²) in [5.41, 5.74) is 0.343. The lowest BCUT2D eigenvalue weighted by atomic mass is 10.2. The second-order valence-electron chi connectivity index (χ2n) is 2.89. The molecule has 0 saturated carbocycles. The van der Waals surface area contributed by atoms with E-state index in [4.69, 9.17) is 49.0 Å². The van der Waals surface area contributed by atoms with Gasteiger partial charge in [-0.1, -0.05) is 34.8 Å². The molecule has 0 aromatic heterocycles. The summed E-state index contributed by atoms with van der Waals surface area (Å²) in [5, 5.41) is 0.927. The van der Waals surface area contributed by atoms with Gasteiger partial charge in [0.05, 0.1) is 20.6 Å². The SMILES string of the molecule is COC(OC)(OC)c1c(Cl)ccc(Cl)c1Cl. The minimum absolute atomic E-state index is 0.236. The zero-order chi connectivity index (χ0) is 12.3. The first-order valence-electron chi connectivity index (χ1n) is 4.31. The molecule has 1 aromatic carbocycles. The molecule has 0 aliphatic heterocycles. The van der Waals surface area contributed by atoms with Crippen LogP contribution in [0.25, 0.3) is 0 Å². The van der Waals surface area contributed by atoms with E-state index in [2.05, 4.69) is 0 Å². The third kappa shape index (κ3) is 2.30. The Labute approximate surface area is 109 Å². The average molecular weight is 286 g/mol. The number of ether oxygens (including phenoxy) is 3. The Kier molecular flexibility index (Phi) is 4.86. The molecule has 0 unspecified atom stereocenters. The predicted molar refractivity (Wildman–Crippen MR) is 64.2 cm³/mol. The molecule has 3 nitrogen and oxygen atoms in total. The zero-order valence-electron chi connectivity index (χ0n) is 9.01. The van der Waals surface area contributed by atoms with Crippen LogP contribution in [-0.4, -0.2) is 21.3 Å². The smallest absolute Gasteiger partial charge is 0.314 e. The Bertz CT molecular complexity index is 370. The van der Waals surface area contributed by atoms with Crippen LogP contribution in [0.15, 0.2) is 12.1 Å². The first-order chi connectivity index (χ1) is 7.52. The maximum Gasteiger partial charge on any atom is 0.314 e. The van der Waals surface area contributed by atoms with E-state index in [0.717, 1.165) is 0 Å². The topological polar surface area (TPSA) is 27.7 Å². The van der Waals surface area contributed by atoms with Gasteiger partial charge in [0.1, 0.15) is 0 Å². The Morgan fingerprint density at radius 3 is 1.75 bits per heavy atom. The number of methoxy groups -OCH3 is 3. The highest BCUT2D eigenvalue weighted by Gasteiger charge is 2.37. The third-order valence-corrected chi connectivity index (χ3v) is 3.28. The molecule has 1 rings (SSSR count). The largest absolute Gasteiger partial charge is 0.327 e. The number of rotatable bonds is 4. The minimum Gasteiger partial charge on any atom is -0.327 e. The van der Waals surface area contributed by atoms with Crippen molar-refractivity contribution in [2.75, 3.05) is 21.3 Å². The molecule has 90 valence electrons. The highest BCUT2D eigenvalue weighted by atomic mass is 35.5. The molecule has 0 aliphatic rings. The van der Waals surface area contributed by atoms with Crippen LogP contribution in [0, 0.1) is 0 Å². The van der Waals surface area contributed by atoms with Crippen molar-refractivity contribution in [3.05, 3.63) is 32.8 Å². The summed E-state index contributed by atoms with van der Waals surface area (Å²) in [6.45, 7) is 0. The predicted octanol–water partition coefficient (Wildman–Crippen LogP) is 3.70. The van der Waals surface area contributed by atoms with Gasteiger partial charge in [0.15, 0.2) is 0 Å². The number of benzene rings is 1. The van der Waals surface area contributed by atoms with Crippen LogP contribution < -0.4 is 0 Å². The quantitative estimate of drug-likeness (QED) is 0.624. The van der Waals surface area contributed by atoms with Crippen molar-refractivity contribution in [2.24, 2.45) is 0 Å². The summed E-state index contributed by atoms with van der Waals surface area (Å²) in [6.07, 6.45) is 0. The minimum atomic E-state index is -1.46. The van der Waals surface area contributed by atoms with Crippen molar-refractivity contribution in [1.82, 2.24) is 0 Å². The molecule has 0 fully saturated rings. The van der Waals surface area contributed by atoms with Crippen LogP contribution in [0.1, 0.15) is 5.56 Å². The van der Waals surface area contributed by atoms with Gasteiger partial charge >= 0.3 is 5.97 Å². The third-order valence-electron chi connectivity index (χ3n) is 2.16. The fourth-order valence-electron chi connectivity index (χ4n) is 1.36. The average Bonchev–Trinajstić information content (AvgIpc) is 2.30. The van der Waals surface area contributed by atoms with Crippen LogP contribution in [0.3, 0.4) is 0 Å². The summed E-state index contributed by atoms with van der Waals surface area (Å²) in [4.78, 5) is 0. The van der Waals surface area contributed by atoms with Crippen LogP contribution in [0.2, 0.25) is 15.1 Å². The van der Waals surface area contributed by atoms with E-state index in [9.17, 15) is 0 Å². The van der Waals surface area contributed by atoms with Gasteiger partial charge in [-0.05, 0) is 12.1 Å². The lowest BCUT2D eigenvalue weighted by Gasteiger charge is -2.30. The molecule has 0 heterocycles. The summed E-state index contributed by atoms with van der Waals surface area (Å²) < 4.78 is 15.5. The van der Waals surface area contributed by atoms with Gasteiger partial charge in [-0.15, -0.1) is 0 Å². The lowest BCUT2D eigenvalue weighted by Crippen LogP contribution is -2.33. The molecule has 16 heavy (non-hydrogen) atoms. The van der Waals surface area contributed by atoms with E-state index < -0.39 is 5.97 Å². The highest BCUT2D eigenvalue weighted by molar-refractivity contribution is 6.44. The molecule has 0 radical (unpaired) electrons. The molecular formula is C10H11Cl3O3. The number of halogens is 3. The van der Waals surface area contributed by atoms with E-state index in [-0.39, 0.29) is 5.02 Å². The molecule has 0 aliphatic carbocycles. The summed E-state index contributed by atoms with van der Waals surface area (Å²) in [7, 11) is 4.25. The Balaban J connectivity index is 3.45. The Morgan fingerprint density at radius 2 is 1.31 bits per heavy atom. The lowest BCUT2D eigenvalue weighted by molar-refractivity contribution is -0.364. The molecule has 6 heteroatoms. The van der Waals surface area contributed by atoms with Crippen molar-refractivity contribution in [1.29, 1.82) is 0 Å². The fraction of sp³-hybridized carbons (Fsp3) is 0.400.